The minimum Gasteiger partial charge on any atom is -0.477 e. The van der Waals surface area contributed by atoms with Crippen molar-refractivity contribution in [3.63, 3.8) is 0 Å². The second-order valence-corrected chi connectivity index (χ2v) is 9.83. The van der Waals surface area contributed by atoms with Gasteiger partial charge in [0.05, 0.1) is 48.0 Å². The molecule has 1 atom stereocenters. The van der Waals surface area contributed by atoms with Gasteiger partial charge in [-0.2, -0.15) is 0 Å². The van der Waals surface area contributed by atoms with E-state index in [0.717, 1.165) is 30.5 Å². The Morgan fingerprint density at radius 1 is 0.905 bits per heavy atom. The van der Waals surface area contributed by atoms with Crippen LogP contribution in [0, 0.1) is 10.1 Å². The summed E-state index contributed by atoms with van der Waals surface area (Å²) in [5.41, 5.74) is 3.10. The summed E-state index contributed by atoms with van der Waals surface area (Å²) in [6.45, 7) is 4.02. The molecule has 1 aliphatic rings. The molecule has 0 saturated carbocycles. The van der Waals surface area contributed by atoms with Crippen LogP contribution >= 0.6 is 0 Å². The van der Waals surface area contributed by atoms with E-state index in [1.54, 1.807) is 26.0 Å². The molecule has 4 rings (SSSR count). The predicted molar refractivity (Wildman–Crippen MR) is 155 cm³/mol. The van der Waals surface area contributed by atoms with Gasteiger partial charge in [0.15, 0.2) is 0 Å². The van der Waals surface area contributed by atoms with Crippen LogP contribution in [0.5, 0.6) is 5.88 Å². The first-order valence-electron chi connectivity index (χ1n) is 13.7. The van der Waals surface area contributed by atoms with Crippen molar-refractivity contribution in [3.8, 4) is 17.1 Å². The molecule has 1 aliphatic heterocycles. The van der Waals surface area contributed by atoms with Gasteiger partial charge in [-0.15, -0.1) is 5.10 Å². The van der Waals surface area contributed by atoms with Gasteiger partial charge in [0.25, 0.3) is 5.69 Å². The number of hydrogen-bond donors (Lipinski definition) is 2. The molecule has 0 bridgehead atoms. The SMILES string of the molecule is COC(=O)C1=C(C)NC(C)=C(C(=O)OCCCCCCOc2cc(-c3ccccc3)[nH]n2)C1c1ccccc1[N+](=O)[O-]. The lowest BCUT2D eigenvalue weighted by Gasteiger charge is -2.30. The van der Waals surface area contributed by atoms with E-state index in [9.17, 15) is 19.7 Å². The second-order valence-electron chi connectivity index (χ2n) is 9.83. The number of nitrogens with zero attached hydrogens (tertiary/aromatic N) is 2. The molecule has 1 aromatic heterocycles. The summed E-state index contributed by atoms with van der Waals surface area (Å²) in [5.74, 6) is -1.81. The highest BCUT2D eigenvalue weighted by molar-refractivity contribution is 6.00. The number of dihydropyridines is 1. The number of nitrogens with one attached hydrogen (secondary N) is 2. The number of benzene rings is 2. The Hall–Kier alpha value is -4.93. The molecule has 0 aliphatic carbocycles. The Morgan fingerprint density at radius 3 is 2.24 bits per heavy atom. The van der Waals surface area contributed by atoms with Gasteiger partial charge in [-0.25, -0.2) is 9.59 Å². The van der Waals surface area contributed by atoms with Crippen molar-refractivity contribution in [1.82, 2.24) is 15.5 Å². The third kappa shape index (κ3) is 7.03. The number of H-pyrrole nitrogens is 1. The number of para-hydroxylation sites is 1. The van der Waals surface area contributed by atoms with E-state index in [-0.39, 0.29) is 29.0 Å². The van der Waals surface area contributed by atoms with E-state index in [2.05, 4.69) is 15.5 Å². The molecule has 11 heteroatoms. The molecule has 2 heterocycles. The number of nitro benzene ring substituents is 1. The fourth-order valence-corrected chi connectivity index (χ4v) is 4.97. The fraction of sp³-hybridized carbons (Fsp3) is 0.323. The maximum Gasteiger partial charge on any atom is 0.336 e. The number of aromatic nitrogens is 2. The maximum atomic E-state index is 13.3. The molecule has 0 radical (unpaired) electrons. The minimum absolute atomic E-state index is 0.122. The number of ether oxygens (including phenoxy) is 3. The molecule has 0 spiro atoms. The van der Waals surface area contributed by atoms with Gasteiger partial charge in [0.1, 0.15) is 0 Å². The number of carbonyl (C=O) groups is 2. The molecule has 1 unspecified atom stereocenters. The molecule has 2 N–H and O–H groups in total. The highest BCUT2D eigenvalue weighted by Gasteiger charge is 2.40. The molecule has 0 amide bonds. The van der Waals surface area contributed by atoms with Crippen molar-refractivity contribution in [1.29, 1.82) is 0 Å². The first kappa shape index (κ1) is 30.0. The van der Waals surface area contributed by atoms with Crippen LogP contribution in [0.25, 0.3) is 11.3 Å². The Balaban J connectivity index is 1.31. The van der Waals surface area contributed by atoms with Crippen LogP contribution in [-0.4, -0.2) is 47.4 Å². The lowest BCUT2D eigenvalue weighted by molar-refractivity contribution is -0.385. The molecule has 0 saturated heterocycles. The Bertz CT molecular complexity index is 1490. The topological polar surface area (TPSA) is 146 Å². The number of esters is 2. The summed E-state index contributed by atoms with van der Waals surface area (Å²) in [4.78, 5) is 37.4. The molecule has 220 valence electrons. The van der Waals surface area contributed by atoms with Crippen LogP contribution in [-0.2, 0) is 19.1 Å². The zero-order chi connectivity index (χ0) is 30.1. The third-order valence-corrected chi connectivity index (χ3v) is 6.99. The first-order valence-corrected chi connectivity index (χ1v) is 13.7. The molecule has 42 heavy (non-hydrogen) atoms. The number of allylic oxidation sites excluding steroid dienone is 2. The number of nitro groups is 1. The summed E-state index contributed by atoms with van der Waals surface area (Å²) in [6.07, 6.45) is 3.11. The van der Waals surface area contributed by atoms with Crippen LogP contribution in [0.4, 0.5) is 5.69 Å². The summed E-state index contributed by atoms with van der Waals surface area (Å²) >= 11 is 0. The quantitative estimate of drug-likeness (QED) is 0.116. The summed E-state index contributed by atoms with van der Waals surface area (Å²) in [5, 5.41) is 22.0. The van der Waals surface area contributed by atoms with Crippen molar-refractivity contribution in [2.75, 3.05) is 20.3 Å². The number of rotatable bonds is 13. The highest BCUT2D eigenvalue weighted by atomic mass is 16.6. The smallest absolute Gasteiger partial charge is 0.336 e. The van der Waals surface area contributed by atoms with Crippen molar-refractivity contribution >= 4 is 17.6 Å². The number of methoxy groups -OCH3 is 1. The van der Waals surface area contributed by atoms with Gasteiger partial charge in [-0.3, -0.25) is 15.2 Å². The monoisotopic (exact) mass is 574 g/mol. The number of aromatic amines is 1. The Kier molecular flexibility index (Phi) is 10.1. The molecule has 3 aromatic rings. The van der Waals surface area contributed by atoms with E-state index in [1.165, 1.54) is 19.2 Å². The van der Waals surface area contributed by atoms with Crippen LogP contribution < -0.4 is 10.1 Å². The van der Waals surface area contributed by atoms with Crippen LogP contribution in [0.15, 0.2) is 83.2 Å². The Labute approximate surface area is 243 Å². The van der Waals surface area contributed by atoms with E-state index in [1.807, 2.05) is 36.4 Å². The average molecular weight is 575 g/mol. The van der Waals surface area contributed by atoms with Crippen LogP contribution in [0.3, 0.4) is 0 Å². The van der Waals surface area contributed by atoms with E-state index < -0.39 is 22.8 Å². The molecule has 0 fully saturated rings. The van der Waals surface area contributed by atoms with Crippen molar-refractivity contribution < 1.29 is 28.7 Å². The summed E-state index contributed by atoms with van der Waals surface area (Å²) in [7, 11) is 1.23. The fourth-order valence-electron chi connectivity index (χ4n) is 4.97. The van der Waals surface area contributed by atoms with E-state index >= 15 is 0 Å². The normalized spacial score (nSPS) is 14.8. The first-order chi connectivity index (χ1) is 20.3. The van der Waals surface area contributed by atoms with Crippen molar-refractivity contribution in [2.45, 2.75) is 45.4 Å². The van der Waals surface area contributed by atoms with Gasteiger partial charge < -0.3 is 19.5 Å². The van der Waals surface area contributed by atoms with Gasteiger partial charge in [0.2, 0.25) is 5.88 Å². The highest BCUT2D eigenvalue weighted by Crippen LogP contribution is 2.42. The molecular formula is C31H34N4O7. The average Bonchev–Trinajstić information content (AvgIpc) is 3.47. The zero-order valence-corrected chi connectivity index (χ0v) is 23.8. The summed E-state index contributed by atoms with van der Waals surface area (Å²) < 4.78 is 16.3. The van der Waals surface area contributed by atoms with Gasteiger partial charge >= 0.3 is 11.9 Å². The van der Waals surface area contributed by atoms with E-state index in [4.69, 9.17) is 14.2 Å². The molecule has 2 aromatic carbocycles. The van der Waals surface area contributed by atoms with Crippen molar-refractivity contribution in [2.24, 2.45) is 0 Å². The maximum absolute atomic E-state index is 13.3. The second kappa shape index (κ2) is 14.1. The van der Waals surface area contributed by atoms with Crippen molar-refractivity contribution in [3.05, 3.63) is 98.9 Å². The molecular weight excluding hydrogens is 540 g/mol. The summed E-state index contributed by atoms with van der Waals surface area (Å²) in [6, 6.07) is 17.8. The standard InChI is InChI=1S/C31H34N4O7/c1-20-27(30(36)40-3)29(23-15-9-10-16-25(23)35(38)39)28(21(2)32-20)31(37)42-18-12-5-4-11-17-41-26-19-24(33-34-26)22-13-7-6-8-14-22/h6-10,13-16,19,29,32H,4-5,11-12,17-18H2,1-3H3,(H,33,34). The van der Waals surface area contributed by atoms with Crippen LogP contribution in [0.1, 0.15) is 51.0 Å². The van der Waals surface area contributed by atoms with Gasteiger partial charge in [0, 0.05) is 29.1 Å². The Morgan fingerprint density at radius 2 is 1.55 bits per heavy atom. The molecule has 11 nitrogen and oxygen atoms in total. The van der Waals surface area contributed by atoms with Gasteiger partial charge in [-0.1, -0.05) is 48.5 Å². The zero-order valence-electron chi connectivity index (χ0n) is 23.8. The lowest BCUT2D eigenvalue weighted by Crippen LogP contribution is -2.32. The predicted octanol–water partition coefficient (Wildman–Crippen LogP) is 5.58. The largest absolute Gasteiger partial charge is 0.477 e. The van der Waals surface area contributed by atoms with Crippen LogP contribution in [0.2, 0.25) is 0 Å². The minimum atomic E-state index is -1.02. The van der Waals surface area contributed by atoms with E-state index in [0.29, 0.717) is 30.3 Å². The number of unbranched alkanes of at least 4 members (excludes halogenated alkanes) is 3. The number of carbonyl (C=O) groups excluding carboxylic acids is 2. The van der Waals surface area contributed by atoms with Gasteiger partial charge in [-0.05, 0) is 45.1 Å². The number of hydrogen-bond acceptors (Lipinski definition) is 9. The third-order valence-electron chi connectivity index (χ3n) is 6.99. The lowest BCUT2D eigenvalue weighted by atomic mass is 9.79.